The molecule has 0 radical (unpaired) electrons. The van der Waals surface area contributed by atoms with Crippen molar-refractivity contribution >= 4 is 35.6 Å². The third kappa shape index (κ3) is 7.33. The van der Waals surface area contributed by atoms with Crippen LogP contribution in [0.4, 0.5) is 0 Å². The number of esters is 1. The molecule has 4 heterocycles. The molecule has 6 rings (SSSR count). The summed E-state index contributed by atoms with van der Waals surface area (Å²) in [6.45, 7) is 8.16. The molecule has 14 heteroatoms. The van der Waals surface area contributed by atoms with Crippen LogP contribution in [0, 0.1) is 11.8 Å². The standard InChI is InChI=1S/C19H24N2O5.C18H22N2O5/c1-11(2)16(21-9-12-6-4-5-7-14(12)17(21)23)18(24)20-10-13(22)8-15(20)19(25)26-3;1-10(2)15(17(23)19-9-12(21)7-14(19)18(24)25)20-8-11-5-3-4-6-13(11)16(20)22/h4-7,11,13,15-16,22H,8-10H2,1-3H3;3-6,10,12,14-15,21H,7-9H2,1-2H3,(H,24,25)/t13-,15+,16+;12-,14+,15+/m11/s1. The third-order valence-corrected chi connectivity index (χ3v) is 10.0. The maximum atomic E-state index is 13.3. The molecule has 51 heavy (non-hydrogen) atoms. The topological polar surface area (TPSA) is 185 Å². The van der Waals surface area contributed by atoms with Gasteiger partial charge in [0.25, 0.3) is 11.8 Å². The number of aliphatic hydroxyl groups is 2. The zero-order chi connectivity index (χ0) is 37.3. The quantitative estimate of drug-likeness (QED) is 0.340. The van der Waals surface area contributed by atoms with E-state index in [2.05, 4.69) is 0 Å². The predicted molar refractivity (Wildman–Crippen MR) is 182 cm³/mol. The Morgan fingerprint density at radius 1 is 0.686 bits per heavy atom. The van der Waals surface area contributed by atoms with Crippen molar-refractivity contribution in [3.05, 3.63) is 70.8 Å². The Balaban J connectivity index is 0.000000198. The lowest BCUT2D eigenvalue weighted by Crippen LogP contribution is -2.54. The van der Waals surface area contributed by atoms with Crippen LogP contribution < -0.4 is 0 Å². The molecule has 4 aliphatic rings. The summed E-state index contributed by atoms with van der Waals surface area (Å²) in [5.74, 6) is -3.14. The summed E-state index contributed by atoms with van der Waals surface area (Å²) in [4.78, 5) is 81.0. The van der Waals surface area contributed by atoms with Crippen LogP contribution >= 0.6 is 0 Å². The van der Waals surface area contributed by atoms with Gasteiger partial charge < -0.3 is 39.7 Å². The first-order valence-corrected chi connectivity index (χ1v) is 17.2. The van der Waals surface area contributed by atoms with Crippen molar-refractivity contribution in [2.75, 3.05) is 20.2 Å². The van der Waals surface area contributed by atoms with Crippen LogP contribution in [0.1, 0.15) is 72.4 Å². The number of aliphatic carboxylic acids is 1. The molecular formula is C37H46N4O10. The molecule has 4 amide bonds. The summed E-state index contributed by atoms with van der Waals surface area (Å²) in [6, 6.07) is 11.2. The molecule has 0 aromatic heterocycles. The monoisotopic (exact) mass is 706 g/mol. The second kappa shape index (κ2) is 15.2. The summed E-state index contributed by atoms with van der Waals surface area (Å²) >= 11 is 0. The van der Waals surface area contributed by atoms with Crippen LogP contribution in [0.25, 0.3) is 0 Å². The Hall–Kier alpha value is -4.82. The minimum absolute atomic E-state index is 0.0139. The van der Waals surface area contributed by atoms with Gasteiger partial charge in [-0.15, -0.1) is 0 Å². The fraction of sp³-hybridized carbons (Fsp3) is 0.514. The maximum absolute atomic E-state index is 13.3. The number of β-amino-alcohol motifs (C(OH)–C–C–N with tert-alkyl or cyclic N) is 2. The van der Waals surface area contributed by atoms with E-state index in [0.717, 1.165) is 11.1 Å². The third-order valence-electron chi connectivity index (χ3n) is 10.0. The molecule has 14 nitrogen and oxygen atoms in total. The number of fused-ring (bicyclic) bond motifs is 2. The van der Waals surface area contributed by atoms with Crippen molar-refractivity contribution in [2.45, 2.75) is 90.0 Å². The number of hydrogen-bond acceptors (Lipinski definition) is 9. The molecule has 0 aliphatic carbocycles. The lowest BCUT2D eigenvalue weighted by molar-refractivity contribution is -0.153. The van der Waals surface area contributed by atoms with Crippen molar-refractivity contribution in [3.63, 3.8) is 0 Å². The number of methoxy groups -OCH3 is 1. The van der Waals surface area contributed by atoms with Gasteiger partial charge in [0.1, 0.15) is 24.2 Å². The molecule has 2 fully saturated rings. The number of amides is 4. The first-order valence-electron chi connectivity index (χ1n) is 17.2. The van der Waals surface area contributed by atoms with Crippen LogP contribution in [-0.2, 0) is 37.0 Å². The zero-order valence-corrected chi connectivity index (χ0v) is 29.5. The van der Waals surface area contributed by atoms with E-state index in [4.69, 9.17) is 4.74 Å². The van der Waals surface area contributed by atoms with Gasteiger partial charge in [0.05, 0.1) is 19.3 Å². The summed E-state index contributed by atoms with van der Waals surface area (Å²) in [5, 5.41) is 29.1. The first kappa shape index (κ1) is 37.4. The number of nitrogens with zero attached hydrogens (tertiary/aromatic N) is 4. The van der Waals surface area contributed by atoms with Crippen molar-refractivity contribution in [3.8, 4) is 0 Å². The van der Waals surface area contributed by atoms with Crippen molar-refractivity contribution < 1.29 is 48.8 Å². The number of carbonyl (C=O) groups is 6. The highest BCUT2D eigenvalue weighted by atomic mass is 16.5. The zero-order valence-electron chi connectivity index (χ0n) is 29.5. The molecule has 2 aromatic rings. The Bertz CT molecular complexity index is 1690. The average molecular weight is 707 g/mol. The number of carbonyl (C=O) groups excluding carboxylic acids is 5. The number of likely N-dealkylation sites (tertiary alicyclic amines) is 2. The largest absolute Gasteiger partial charge is 0.480 e. The van der Waals surface area contributed by atoms with Gasteiger partial charge in [-0.2, -0.15) is 0 Å². The fourth-order valence-corrected chi connectivity index (χ4v) is 7.61. The summed E-state index contributed by atoms with van der Waals surface area (Å²) in [6.07, 6.45) is -1.47. The number of carboxylic acids is 1. The van der Waals surface area contributed by atoms with Gasteiger partial charge in [0, 0.05) is 50.1 Å². The Kier molecular flexibility index (Phi) is 11.2. The normalized spacial score (nSPS) is 23.6. The molecule has 2 aromatic carbocycles. The molecule has 0 spiro atoms. The van der Waals surface area contributed by atoms with Gasteiger partial charge in [0.15, 0.2) is 0 Å². The smallest absolute Gasteiger partial charge is 0.328 e. The van der Waals surface area contributed by atoms with Crippen LogP contribution in [0.15, 0.2) is 48.5 Å². The van der Waals surface area contributed by atoms with E-state index < -0.39 is 54.2 Å². The number of ether oxygens (including phenoxy) is 1. The van der Waals surface area contributed by atoms with E-state index in [0.29, 0.717) is 24.2 Å². The predicted octanol–water partition coefficient (Wildman–Crippen LogP) is 1.52. The van der Waals surface area contributed by atoms with Crippen molar-refractivity contribution in [2.24, 2.45) is 11.8 Å². The highest BCUT2D eigenvalue weighted by Crippen LogP contribution is 2.32. The van der Waals surface area contributed by atoms with Crippen molar-refractivity contribution in [1.82, 2.24) is 19.6 Å². The average Bonchev–Trinajstić information content (AvgIpc) is 3.85. The van der Waals surface area contributed by atoms with Crippen LogP contribution in [-0.4, -0.2) is 127 Å². The number of benzene rings is 2. The second-order valence-electron chi connectivity index (χ2n) is 14.2. The van der Waals surface area contributed by atoms with E-state index >= 15 is 0 Å². The van der Waals surface area contributed by atoms with E-state index in [-0.39, 0.29) is 55.5 Å². The number of rotatable bonds is 8. The molecule has 0 saturated carbocycles. The minimum atomic E-state index is -1.14. The molecule has 0 bridgehead atoms. The molecular weight excluding hydrogens is 660 g/mol. The van der Waals surface area contributed by atoms with Crippen LogP contribution in [0.5, 0.6) is 0 Å². The lowest BCUT2D eigenvalue weighted by atomic mass is 10.0. The van der Waals surface area contributed by atoms with Crippen molar-refractivity contribution in [1.29, 1.82) is 0 Å². The van der Waals surface area contributed by atoms with Gasteiger partial charge in [-0.25, -0.2) is 9.59 Å². The van der Waals surface area contributed by atoms with Crippen LogP contribution in [0.2, 0.25) is 0 Å². The minimum Gasteiger partial charge on any atom is -0.480 e. The van der Waals surface area contributed by atoms with Gasteiger partial charge in [-0.1, -0.05) is 64.1 Å². The van der Waals surface area contributed by atoms with Gasteiger partial charge in [-0.3, -0.25) is 19.2 Å². The van der Waals surface area contributed by atoms with Gasteiger partial charge >= 0.3 is 11.9 Å². The molecule has 6 atom stereocenters. The Morgan fingerprint density at radius 3 is 1.45 bits per heavy atom. The van der Waals surface area contributed by atoms with E-state index in [1.807, 2.05) is 52.0 Å². The summed E-state index contributed by atoms with van der Waals surface area (Å²) in [7, 11) is 1.26. The SMILES string of the molecule is CC(C)[C@@H](C(=O)N1C[C@H](O)C[C@H]1C(=O)O)N1Cc2ccccc2C1=O.COC(=O)[C@@H]1C[C@@H](O)CN1C(=O)[C@H](C(C)C)N1Cc2ccccc2C1=O. The summed E-state index contributed by atoms with van der Waals surface area (Å²) in [5.41, 5.74) is 2.94. The number of hydrogen-bond donors (Lipinski definition) is 3. The lowest BCUT2D eigenvalue weighted by Gasteiger charge is -2.34. The molecule has 2 saturated heterocycles. The van der Waals surface area contributed by atoms with E-state index in [1.54, 1.807) is 29.2 Å². The number of carboxylic acid groups (broad SMARTS) is 1. The summed E-state index contributed by atoms with van der Waals surface area (Å²) < 4.78 is 4.78. The first-order chi connectivity index (χ1) is 24.2. The van der Waals surface area contributed by atoms with E-state index in [9.17, 15) is 44.1 Å². The maximum Gasteiger partial charge on any atom is 0.328 e. The van der Waals surface area contributed by atoms with Crippen LogP contribution in [0.3, 0.4) is 0 Å². The highest BCUT2D eigenvalue weighted by Gasteiger charge is 2.47. The molecule has 4 aliphatic heterocycles. The second-order valence-corrected chi connectivity index (χ2v) is 14.2. The highest BCUT2D eigenvalue weighted by molar-refractivity contribution is 6.02. The Labute approximate surface area is 296 Å². The molecule has 274 valence electrons. The molecule has 0 unspecified atom stereocenters. The fourth-order valence-electron chi connectivity index (χ4n) is 7.61. The van der Waals surface area contributed by atoms with Gasteiger partial charge in [0.2, 0.25) is 11.8 Å². The van der Waals surface area contributed by atoms with Gasteiger partial charge in [-0.05, 0) is 35.1 Å². The number of aliphatic hydroxyl groups excluding tert-OH is 2. The van der Waals surface area contributed by atoms with E-state index in [1.165, 1.54) is 21.8 Å². The Morgan fingerprint density at radius 2 is 1.08 bits per heavy atom. The molecule has 3 N–H and O–H groups in total.